The Bertz CT molecular complexity index is 831. The summed E-state index contributed by atoms with van der Waals surface area (Å²) >= 11 is 0. The van der Waals surface area contributed by atoms with Crippen LogP contribution in [0.25, 0.3) is 11.1 Å². The molecule has 0 bridgehead atoms. The number of carboxylic acids is 1. The number of methoxy groups -OCH3 is 1. The predicted molar refractivity (Wildman–Crippen MR) is 85.8 cm³/mol. The molecule has 23 heavy (non-hydrogen) atoms. The highest BCUT2D eigenvalue weighted by Gasteiger charge is 2.13. The quantitative estimate of drug-likeness (QED) is 0.759. The zero-order valence-corrected chi connectivity index (χ0v) is 12.9. The number of aryl methyl sites for hydroxylation is 1. The van der Waals surface area contributed by atoms with E-state index in [1.165, 1.54) is 0 Å². The Morgan fingerprint density at radius 1 is 1.35 bits per heavy atom. The molecule has 2 heterocycles. The fourth-order valence-corrected chi connectivity index (χ4v) is 2.48. The van der Waals surface area contributed by atoms with E-state index in [2.05, 4.69) is 10.1 Å². The zero-order valence-electron chi connectivity index (χ0n) is 12.9. The van der Waals surface area contributed by atoms with Gasteiger partial charge in [0.25, 0.3) is 0 Å². The molecule has 0 radical (unpaired) electrons. The van der Waals surface area contributed by atoms with E-state index in [1.807, 2.05) is 42.1 Å². The van der Waals surface area contributed by atoms with Crippen LogP contribution in [-0.4, -0.2) is 33.0 Å². The molecule has 0 unspecified atom stereocenters. The second kappa shape index (κ2) is 6.00. The molecule has 6 nitrogen and oxygen atoms in total. The van der Waals surface area contributed by atoms with Gasteiger partial charge < -0.3 is 14.8 Å². The van der Waals surface area contributed by atoms with Gasteiger partial charge in [-0.05, 0) is 30.7 Å². The van der Waals surface area contributed by atoms with Gasteiger partial charge in [0.1, 0.15) is 11.4 Å². The SMILES string of the molecule is COc1ccc(Cn2cc(-c3cc(C(=O)O)[nH]c3C)cn2)cc1. The van der Waals surface area contributed by atoms with E-state index in [4.69, 9.17) is 9.84 Å². The van der Waals surface area contributed by atoms with Gasteiger partial charge in [-0.2, -0.15) is 5.10 Å². The summed E-state index contributed by atoms with van der Waals surface area (Å²) in [5.74, 6) is -0.149. The summed E-state index contributed by atoms with van der Waals surface area (Å²) in [6.07, 6.45) is 3.65. The molecule has 0 saturated heterocycles. The molecule has 0 aliphatic heterocycles. The molecule has 118 valence electrons. The second-order valence-corrected chi connectivity index (χ2v) is 5.30. The van der Waals surface area contributed by atoms with Crippen molar-refractivity contribution in [2.45, 2.75) is 13.5 Å². The molecule has 0 saturated carbocycles. The number of carboxylic acid groups (broad SMARTS) is 1. The van der Waals surface area contributed by atoms with Crippen molar-refractivity contribution in [2.75, 3.05) is 7.11 Å². The minimum Gasteiger partial charge on any atom is -0.497 e. The first-order valence-electron chi connectivity index (χ1n) is 7.15. The van der Waals surface area contributed by atoms with Gasteiger partial charge in [0.2, 0.25) is 0 Å². The standard InChI is InChI=1S/C17H17N3O3/c1-11-15(7-16(19-11)17(21)22)13-8-18-20(10-13)9-12-3-5-14(23-2)6-4-12/h3-8,10,19H,9H2,1-2H3,(H,21,22). The maximum absolute atomic E-state index is 11.0. The van der Waals surface area contributed by atoms with Crippen molar-refractivity contribution in [3.8, 4) is 16.9 Å². The van der Waals surface area contributed by atoms with E-state index < -0.39 is 5.97 Å². The molecule has 3 aromatic rings. The number of H-pyrrole nitrogens is 1. The van der Waals surface area contributed by atoms with Crippen LogP contribution in [0.1, 0.15) is 21.7 Å². The molecule has 0 fully saturated rings. The van der Waals surface area contributed by atoms with Crippen LogP contribution in [0.15, 0.2) is 42.7 Å². The summed E-state index contributed by atoms with van der Waals surface area (Å²) in [6.45, 7) is 2.49. The second-order valence-electron chi connectivity index (χ2n) is 5.30. The monoisotopic (exact) mass is 311 g/mol. The van der Waals surface area contributed by atoms with Gasteiger partial charge in [0, 0.05) is 23.0 Å². The number of rotatable bonds is 5. The van der Waals surface area contributed by atoms with E-state index in [0.29, 0.717) is 6.54 Å². The molecule has 2 N–H and O–H groups in total. The lowest BCUT2D eigenvalue weighted by Crippen LogP contribution is -1.99. The molecule has 0 spiro atoms. The Kier molecular flexibility index (Phi) is 3.89. The molecule has 0 atom stereocenters. The number of nitrogens with one attached hydrogen (secondary N) is 1. The highest BCUT2D eigenvalue weighted by Crippen LogP contribution is 2.24. The summed E-state index contributed by atoms with van der Waals surface area (Å²) in [5.41, 5.74) is 3.84. The Balaban J connectivity index is 1.81. The molecule has 1 aromatic carbocycles. The van der Waals surface area contributed by atoms with E-state index >= 15 is 0 Å². The molecular formula is C17H17N3O3. The van der Waals surface area contributed by atoms with Gasteiger partial charge in [-0.25, -0.2) is 4.79 Å². The lowest BCUT2D eigenvalue weighted by Gasteiger charge is -2.03. The third kappa shape index (κ3) is 3.11. The average molecular weight is 311 g/mol. The summed E-state index contributed by atoms with van der Waals surface area (Å²) in [4.78, 5) is 13.9. The predicted octanol–water partition coefficient (Wildman–Crippen LogP) is 2.94. The zero-order chi connectivity index (χ0) is 16.4. The molecule has 3 rings (SSSR count). The number of hydrogen-bond donors (Lipinski definition) is 2. The van der Waals surface area contributed by atoms with Gasteiger partial charge in [0.15, 0.2) is 0 Å². The topological polar surface area (TPSA) is 80.1 Å². The maximum Gasteiger partial charge on any atom is 0.352 e. The Morgan fingerprint density at radius 2 is 2.09 bits per heavy atom. The summed E-state index contributed by atoms with van der Waals surface area (Å²) in [5, 5.41) is 13.4. The van der Waals surface area contributed by atoms with Crippen LogP contribution in [0.4, 0.5) is 0 Å². The molecular weight excluding hydrogens is 294 g/mol. The molecule has 6 heteroatoms. The van der Waals surface area contributed by atoms with Crippen molar-refractivity contribution in [1.82, 2.24) is 14.8 Å². The van der Waals surface area contributed by atoms with Gasteiger partial charge in [-0.1, -0.05) is 12.1 Å². The summed E-state index contributed by atoms with van der Waals surface area (Å²) in [7, 11) is 1.64. The van der Waals surface area contributed by atoms with Crippen LogP contribution < -0.4 is 4.74 Å². The third-order valence-electron chi connectivity index (χ3n) is 3.69. The van der Waals surface area contributed by atoms with Gasteiger partial charge in [-0.15, -0.1) is 0 Å². The van der Waals surface area contributed by atoms with E-state index in [0.717, 1.165) is 28.1 Å². The average Bonchev–Trinajstić information content (AvgIpc) is 3.14. The van der Waals surface area contributed by atoms with Crippen LogP contribution in [0.5, 0.6) is 5.75 Å². The number of aromatic nitrogens is 3. The largest absolute Gasteiger partial charge is 0.497 e. The first-order chi connectivity index (χ1) is 11.1. The molecule has 0 aliphatic rings. The third-order valence-corrected chi connectivity index (χ3v) is 3.69. The molecule has 0 amide bonds. The fourth-order valence-electron chi connectivity index (χ4n) is 2.48. The van der Waals surface area contributed by atoms with Crippen LogP contribution in [-0.2, 0) is 6.54 Å². The van der Waals surface area contributed by atoms with Crippen LogP contribution in [0.3, 0.4) is 0 Å². The lowest BCUT2D eigenvalue weighted by atomic mass is 10.1. The fraction of sp³-hybridized carbons (Fsp3) is 0.176. The van der Waals surface area contributed by atoms with Crippen molar-refractivity contribution < 1.29 is 14.6 Å². The summed E-state index contributed by atoms with van der Waals surface area (Å²) in [6, 6.07) is 9.44. The summed E-state index contributed by atoms with van der Waals surface area (Å²) < 4.78 is 6.97. The van der Waals surface area contributed by atoms with Gasteiger partial charge in [-0.3, -0.25) is 4.68 Å². The highest BCUT2D eigenvalue weighted by molar-refractivity contribution is 5.88. The number of nitrogens with zero attached hydrogens (tertiary/aromatic N) is 2. The van der Waals surface area contributed by atoms with Crippen LogP contribution in [0.2, 0.25) is 0 Å². The first-order valence-corrected chi connectivity index (χ1v) is 7.15. The van der Waals surface area contributed by atoms with E-state index in [-0.39, 0.29) is 5.69 Å². The molecule has 2 aromatic heterocycles. The first kappa shape index (κ1) is 14.9. The molecule has 0 aliphatic carbocycles. The number of carbonyl (C=O) groups is 1. The van der Waals surface area contributed by atoms with E-state index in [9.17, 15) is 4.79 Å². The normalized spacial score (nSPS) is 10.7. The Hall–Kier alpha value is -3.02. The van der Waals surface area contributed by atoms with E-state index in [1.54, 1.807) is 19.4 Å². The van der Waals surface area contributed by atoms with Crippen molar-refractivity contribution in [2.24, 2.45) is 0 Å². The minimum atomic E-state index is -0.968. The minimum absolute atomic E-state index is 0.181. The number of ether oxygens (including phenoxy) is 1. The van der Waals surface area contributed by atoms with Crippen molar-refractivity contribution in [3.05, 3.63) is 59.7 Å². The number of hydrogen-bond acceptors (Lipinski definition) is 3. The number of aromatic amines is 1. The van der Waals surface area contributed by atoms with Crippen molar-refractivity contribution in [3.63, 3.8) is 0 Å². The maximum atomic E-state index is 11.0. The lowest BCUT2D eigenvalue weighted by molar-refractivity contribution is 0.0691. The van der Waals surface area contributed by atoms with Crippen molar-refractivity contribution >= 4 is 5.97 Å². The van der Waals surface area contributed by atoms with Crippen LogP contribution in [0, 0.1) is 6.92 Å². The van der Waals surface area contributed by atoms with Gasteiger partial charge >= 0.3 is 5.97 Å². The van der Waals surface area contributed by atoms with Gasteiger partial charge in [0.05, 0.1) is 19.9 Å². The van der Waals surface area contributed by atoms with Crippen LogP contribution >= 0.6 is 0 Å². The Labute approximate surface area is 133 Å². The highest BCUT2D eigenvalue weighted by atomic mass is 16.5. The number of benzene rings is 1. The smallest absolute Gasteiger partial charge is 0.352 e. The Morgan fingerprint density at radius 3 is 2.70 bits per heavy atom. The number of aromatic carboxylic acids is 1. The van der Waals surface area contributed by atoms with Crippen molar-refractivity contribution in [1.29, 1.82) is 0 Å².